The fourth-order valence-corrected chi connectivity index (χ4v) is 4.64. The molecule has 0 amide bonds. The molecule has 7 heteroatoms. The highest BCUT2D eigenvalue weighted by molar-refractivity contribution is 9.10. The van der Waals surface area contributed by atoms with Gasteiger partial charge in [-0.3, -0.25) is 0 Å². The van der Waals surface area contributed by atoms with Crippen molar-refractivity contribution < 1.29 is 4.74 Å². The van der Waals surface area contributed by atoms with Crippen LogP contribution in [0.1, 0.15) is 31.2 Å². The summed E-state index contributed by atoms with van der Waals surface area (Å²) in [6.07, 6.45) is 4.45. The Labute approximate surface area is 192 Å². The van der Waals surface area contributed by atoms with E-state index in [0.717, 1.165) is 65.1 Å². The second kappa shape index (κ2) is 9.83. The normalized spacial score (nSPS) is 18.7. The van der Waals surface area contributed by atoms with E-state index in [4.69, 9.17) is 14.7 Å². The van der Waals surface area contributed by atoms with E-state index in [1.807, 2.05) is 49.3 Å². The number of nitrogens with one attached hydrogen (secondary N) is 2. The van der Waals surface area contributed by atoms with E-state index in [9.17, 15) is 0 Å². The van der Waals surface area contributed by atoms with Crippen LogP contribution in [0.5, 0.6) is 5.75 Å². The molecule has 1 heterocycles. The number of halogens is 1. The van der Waals surface area contributed by atoms with Crippen molar-refractivity contribution in [3.05, 3.63) is 52.5 Å². The van der Waals surface area contributed by atoms with E-state index in [-0.39, 0.29) is 0 Å². The monoisotopic (exact) mass is 483 g/mol. The Bertz CT molecular complexity index is 1030. The highest BCUT2D eigenvalue weighted by Crippen LogP contribution is 2.27. The Kier molecular flexibility index (Phi) is 6.92. The lowest BCUT2D eigenvalue weighted by atomic mass is 9.91. The first kappa shape index (κ1) is 21.8. The molecule has 1 fully saturated rings. The molecule has 164 valence electrons. The number of fused-ring (bicyclic) bond motifs is 1. The van der Waals surface area contributed by atoms with Crippen LogP contribution in [-0.4, -0.2) is 43.3 Å². The lowest BCUT2D eigenvalue weighted by Crippen LogP contribution is -2.37. The van der Waals surface area contributed by atoms with Crippen molar-refractivity contribution in [3.63, 3.8) is 0 Å². The minimum Gasteiger partial charge on any atom is -0.496 e. The van der Waals surface area contributed by atoms with Crippen molar-refractivity contribution in [3.8, 4) is 5.75 Å². The van der Waals surface area contributed by atoms with Crippen LogP contribution in [0.3, 0.4) is 0 Å². The molecule has 31 heavy (non-hydrogen) atoms. The van der Waals surface area contributed by atoms with E-state index in [1.54, 1.807) is 7.11 Å². The van der Waals surface area contributed by atoms with Gasteiger partial charge in [-0.15, -0.1) is 0 Å². The number of hydrogen-bond donors (Lipinski definition) is 2. The fraction of sp³-hybridized carbons (Fsp3) is 0.417. The number of methoxy groups -OCH3 is 1. The quantitative estimate of drug-likeness (QED) is 0.493. The van der Waals surface area contributed by atoms with E-state index in [1.165, 1.54) is 5.56 Å². The maximum atomic E-state index is 5.49. The first-order valence-corrected chi connectivity index (χ1v) is 11.6. The molecule has 6 nitrogen and oxygen atoms in total. The molecule has 0 saturated heterocycles. The standard InChI is InChI=1S/C24H30BrN5O/c1-30(2)23-20-6-4-5-7-21(20)28-24(29-23)27-19-11-9-18(10-12-19)26-15-16-14-17(25)8-13-22(16)31-3/h4-8,13-14,18-19,26H,9-12,15H2,1-3H3,(H,27,28,29)/t18-,19+. The third kappa shape index (κ3) is 5.28. The van der Waals surface area contributed by atoms with Gasteiger partial charge in [-0.1, -0.05) is 28.1 Å². The largest absolute Gasteiger partial charge is 0.496 e. The Balaban J connectivity index is 1.35. The van der Waals surface area contributed by atoms with Gasteiger partial charge in [0.25, 0.3) is 0 Å². The van der Waals surface area contributed by atoms with Crippen molar-refractivity contribution in [1.82, 2.24) is 15.3 Å². The van der Waals surface area contributed by atoms with Crippen molar-refractivity contribution in [2.75, 3.05) is 31.4 Å². The molecule has 0 spiro atoms. The SMILES string of the molecule is COc1ccc(Br)cc1CN[C@H]1CC[C@@H](Nc2nc(N(C)C)c3ccccc3n2)CC1. The molecule has 1 aliphatic rings. The first-order valence-electron chi connectivity index (χ1n) is 10.8. The van der Waals surface area contributed by atoms with E-state index < -0.39 is 0 Å². The molecule has 1 saturated carbocycles. The van der Waals surface area contributed by atoms with Crippen LogP contribution < -0.4 is 20.3 Å². The highest BCUT2D eigenvalue weighted by atomic mass is 79.9. The molecule has 0 bridgehead atoms. The zero-order valence-electron chi connectivity index (χ0n) is 18.4. The predicted molar refractivity (Wildman–Crippen MR) is 131 cm³/mol. The summed E-state index contributed by atoms with van der Waals surface area (Å²) in [6, 6.07) is 15.2. The van der Waals surface area contributed by atoms with Gasteiger partial charge in [0.15, 0.2) is 0 Å². The summed E-state index contributed by atoms with van der Waals surface area (Å²) in [5.41, 5.74) is 2.15. The van der Waals surface area contributed by atoms with Gasteiger partial charge in [0, 0.05) is 48.1 Å². The average molecular weight is 484 g/mol. The molecule has 2 aromatic carbocycles. The summed E-state index contributed by atoms with van der Waals surface area (Å²) < 4.78 is 6.57. The summed E-state index contributed by atoms with van der Waals surface area (Å²) in [7, 11) is 5.77. The second-order valence-corrected chi connectivity index (χ2v) is 9.23. The summed E-state index contributed by atoms with van der Waals surface area (Å²) in [5, 5.41) is 8.37. The smallest absolute Gasteiger partial charge is 0.225 e. The number of anilines is 2. The maximum absolute atomic E-state index is 5.49. The number of para-hydroxylation sites is 1. The van der Waals surface area contributed by atoms with Gasteiger partial charge in [-0.05, 0) is 56.0 Å². The summed E-state index contributed by atoms with van der Waals surface area (Å²) >= 11 is 3.55. The molecule has 4 rings (SSSR count). The Morgan fingerprint density at radius 2 is 1.77 bits per heavy atom. The van der Waals surface area contributed by atoms with Crippen molar-refractivity contribution >= 4 is 38.6 Å². The van der Waals surface area contributed by atoms with Crippen molar-refractivity contribution in [2.24, 2.45) is 0 Å². The number of nitrogens with zero attached hydrogens (tertiary/aromatic N) is 3. The van der Waals surface area contributed by atoms with Crippen LogP contribution in [-0.2, 0) is 6.54 Å². The van der Waals surface area contributed by atoms with Crippen LogP contribution in [0, 0.1) is 0 Å². The van der Waals surface area contributed by atoms with Gasteiger partial charge < -0.3 is 20.3 Å². The highest BCUT2D eigenvalue weighted by Gasteiger charge is 2.22. The van der Waals surface area contributed by atoms with Crippen molar-refractivity contribution in [1.29, 1.82) is 0 Å². The third-order valence-electron chi connectivity index (χ3n) is 5.89. The zero-order chi connectivity index (χ0) is 21.8. The molecule has 0 unspecified atom stereocenters. The van der Waals surface area contributed by atoms with Crippen LogP contribution in [0.4, 0.5) is 11.8 Å². The molecule has 1 aliphatic carbocycles. The molecule has 0 radical (unpaired) electrons. The Morgan fingerprint density at radius 3 is 2.52 bits per heavy atom. The zero-order valence-corrected chi connectivity index (χ0v) is 19.9. The van der Waals surface area contributed by atoms with E-state index in [2.05, 4.69) is 38.7 Å². The lowest BCUT2D eigenvalue weighted by Gasteiger charge is -2.30. The molecule has 0 atom stereocenters. The fourth-order valence-electron chi connectivity index (χ4n) is 4.23. The van der Waals surface area contributed by atoms with E-state index >= 15 is 0 Å². The molecule has 1 aromatic heterocycles. The molecule has 0 aliphatic heterocycles. The molecular weight excluding hydrogens is 454 g/mol. The molecule has 2 N–H and O–H groups in total. The van der Waals surface area contributed by atoms with Gasteiger partial charge in [0.1, 0.15) is 11.6 Å². The Morgan fingerprint density at radius 1 is 1.03 bits per heavy atom. The summed E-state index contributed by atoms with van der Waals surface area (Å²) in [5.74, 6) is 2.60. The van der Waals surface area contributed by atoms with Crippen LogP contribution in [0.2, 0.25) is 0 Å². The van der Waals surface area contributed by atoms with Crippen LogP contribution >= 0.6 is 15.9 Å². The lowest BCUT2D eigenvalue weighted by molar-refractivity contribution is 0.348. The van der Waals surface area contributed by atoms with Crippen molar-refractivity contribution in [2.45, 2.75) is 44.3 Å². The topological polar surface area (TPSA) is 62.3 Å². The summed E-state index contributed by atoms with van der Waals surface area (Å²) in [4.78, 5) is 11.6. The average Bonchev–Trinajstić information content (AvgIpc) is 2.78. The minimum absolute atomic E-state index is 0.398. The number of hydrogen-bond acceptors (Lipinski definition) is 6. The number of aromatic nitrogens is 2. The van der Waals surface area contributed by atoms with Gasteiger partial charge >= 0.3 is 0 Å². The first-order chi connectivity index (χ1) is 15.0. The maximum Gasteiger partial charge on any atom is 0.225 e. The number of rotatable bonds is 7. The summed E-state index contributed by atoms with van der Waals surface area (Å²) in [6.45, 7) is 0.811. The van der Waals surface area contributed by atoms with Gasteiger partial charge in [-0.25, -0.2) is 4.98 Å². The third-order valence-corrected chi connectivity index (χ3v) is 6.38. The van der Waals surface area contributed by atoms with Gasteiger partial charge in [0.2, 0.25) is 5.95 Å². The Hall–Kier alpha value is -2.38. The van der Waals surface area contributed by atoms with Crippen LogP contribution in [0.25, 0.3) is 10.9 Å². The van der Waals surface area contributed by atoms with Gasteiger partial charge in [-0.2, -0.15) is 4.98 Å². The second-order valence-electron chi connectivity index (χ2n) is 8.31. The molecular formula is C24H30BrN5O. The van der Waals surface area contributed by atoms with Gasteiger partial charge in [0.05, 0.1) is 12.6 Å². The van der Waals surface area contributed by atoms with Crippen LogP contribution in [0.15, 0.2) is 46.9 Å². The molecule has 3 aromatic rings. The number of ether oxygens (including phenoxy) is 1. The minimum atomic E-state index is 0.398. The predicted octanol–water partition coefficient (Wildman–Crippen LogP) is 4.98. The number of benzene rings is 2. The van der Waals surface area contributed by atoms with E-state index in [0.29, 0.717) is 12.1 Å².